The highest BCUT2D eigenvalue weighted by atomic mass is 32.2. The third-order valence-electron chi connectivity index (χ3n) is 3.56. The predicted octanol–water partition coefficient (Wildman–Crippen LogP) is 2.75. The Bertz CT molecular complexity index is 605. The van der Waals surface area contributed by atoms with E-state index in [0.29, 0.717) is 6.42 Å². The maximum atomic E-state index is 13.0. The van der Waals surface area contributed by atoms with Gasteiger partial charge in [0.25, 0.3) is 0 Å². The summed E-state index contributed by atoms with van der Waals surface area (Å²) >= 11 is 1.77. The number of halogens is 1. The Morgan fingerprint density at radius 3 is 2.76 bits per heavy atom. The minimum atomic E-state index is -0.227. The van der Waals surface area contributed by atoms with Crippen LogP contribution in [0.1, 0.15) is 5.56 Å². The molecule has 21 heavy (non-hydrogen) atoms. The molecule has 2 aromatic carbocycles. The number of fused-ring (bicyclic) bond motifs is 1. The number of para-hydroxylation sites is 1. The van der Waals surface area contributed by atoms with E-state index in [9.17, 15) is 4.39 Å². The minimum Gasteiger partial charge on any atom is -0.487 e. The van der Waals surface area contributed by atoms with E-state index >= 15 is 0 Å². The summed E-state index contributed by atoms with van der Waals surface area (Å²) in [7, 11) is 0. The van der Waals surface area contributed by atoms with Gasteiger partial charge in [-0.15, -0.1) is 11.8 Å². The molecule has 0 fully saturated rings. The van der Waals surface area contributed by atoms with Crippen LogP contribution < -0.4 is 16.0 Å². The number of hydrogen-bond donors (Lipinski definition) is 2. The van der Waals surface area contributed by atoms with E-state index in [1.807, 2.05) is 18.2 Å². The molecular weight excluding hydrogens is 287 g/mol. The van der Waals surface area contributed by atoms with Crippen LogP contribution in [0.3, 0.4) is 0 Å². The first-order valence-corrected chi connectivity index (χ1v) is 7.84. The van der Waals surface area contributed by atoms with Crippen LogP contribution >= 0.6 is 11.8 Å². The average molecular weight is 304 g/mol. The zero-order chi connectivity index (χ0) is 14.7. The molecule has 0 aliphatic carbocycles. The number of ether oxygens (including phenoxy) is 1. The van der Waals surface area contributed by atoms with Crippen LogP contribution in [-0.4, -0.2) is 17.9 Å². The number of nitrogens with one attached hydrogen (secondary N) is 1. The molecule has 1 heterocycles. The van der Waals surface area contributed by atoms with E-state index in [2.05, 4.69) is 11.5 Å². The summed E-state index contributed by atoms with van der Waals surface area (Å²) in [4.78, 5) is 1.16. The molecule has 0 amide bonds. The second-order valence-corrected chi connectivity index (χ2v) is 6.08. The van der Waals surface area contributed by atoms with Crippen LogP contribution in [0.15, 0.2) is 53.4 Å². The van der Waals surface area contributed by atoms with Crippen molar-refractivity contribution >= 4 is 11.8 Å². The Morgan fingerprint density at radius 2 is 2.00 bits per heavy atom. The van der Waals surface area contributed by atoms with Crippen LogP contribution in [0.2, 0.25) is 0 Å². The molecule has 3 rings (SSSR count). The van der Waals surface area contributed by atoms with Crippen LogP contribution in [0.25, 0.3) is 0 Å². The molecule has 2 unspecified atom stereocenters. The SMILES string of the molecule is NNC(Cc1ccc(F)cc1)C1CSc2ccccc2O1. The Hall–Kier alpha value is -1.56. The van der Waals surface area contributed by atoms with E-state index in [1.165, 1.54) is 12.1 Å². The molecule has 2 atom stereocenters. The van der Waals surface area contributed by atoms with Gasteiger partial charge in [0.1, 0.15) is 17.7 Å². The van der Waals surface area contributed by atoms with Crippen molar-refractivity contribution in [2.75, 3.05) is 5.75 Å². The zero-order valence-electron chi connectivity index (χ0n) is 11.5. The van der Waals surface area contributed by atoms with Crippen molar-refractivity contribution in [3.05, 3.63) is 59.9 Å². The van der Waals surface area contributed by atoms with Gasteiger partial charge in [-0.05, 0) is 36.2 Å². The molecule has 0 bridgehead atoms. The summed E-state index contributed by atoms with van der Waals surface area (Å²) in [6, 6.07) is 14.5. The highest BCUT2D eigenvalue weighted by Crippen LogP contribution is 2.35. The molecule has 0 saturated carbocycles. The van der Waals surface area contributed by atoms with E-state index in [4.69, 9.17) is 10.6 Å². The lowest BCUT2D eigenvalue weighted by Gasteiger charge is -2.31. The second-order valence-electron chi connectivity index (χ2n) is 5.02. The smallest absolute Gasteiger partial charge is 0.133 e. The molecule has 2 aromatic rings. The summed E-state index contributed by atoms with van der Waals surface area (Å²) < 4.78 is 19.0. The molecule has 3 nitrogen and oxygen atoms in total. The summed E-state index contributed by atoms with van der Waals surface area (Å²) in [5.74, 6) is 7.20. The number of nitrogens with two attached hydrogens (primary N) is 1. The Morgan fingerprint density at radius 1 is 1.24 bits per heavy atom. The standard InChI is InChI=1S/C16H17FN2OS/c17-12-7-5-11(6-8-12)9-13(19-18)15-10-21-16-4-2-1-3-14(16)20-15/h1-8,13,15,19H,9-10,18H2. The lowest BCUT2D eigenvalue weighted by molar-refractivity contribution is 0.165. The first kappa shape index (κ1) is 14.4. The van der Waals surface area contributed by atoms with Crippen molar-refractivity contribution in [3.8, 4) is 5.75 Å². The minimum absolute atomic E-state index is 0.0139. The fraction of sp³-hybridized carbons (Fsp3) is 0.250. The quantitative estimate of drug-likeness (QED) is 0.673. The number of hydrogen-bond acceptors (Lipinski definition) is 4. The van der Waals surface area contributed by atoms with Crippen LogP contribution in [0.5, 0.6) is 5.75 Å². The monoisotopic (exact) mass is 304 g/mol. The van der Waals surface area contributed by atoms with Crippen LogP contribution in [-0.2, 0) is 6.42 Å². The van der Waals surface area contributed by atoms with Gasteiger partial charge in [0.15, 0.2) is 0 Å². The average Bonchev–Trinajstić information content (AvgIpc) is 2.54. The van der Waals surface area contributed by atoms with Crippen molar-refractivity contribution in [2.45, 2.75) is 23.5 Å². The van der Waals surface area contributed by atoms with E-state index in [-0.39, 0.29) is 18.0 Å². The van der Waals surface area contributed by atoms with Crippen molar-refractivity contribution in [3.63, 3.8) is 0 Å². The Balaban J connectivity index is 1.71. The molecular formula is C16H17FN2OS. The molecule has 1 aliphatic rings. The number of benzene rings is 2. The first-order chi connectivity index (χ1) is 10.3. The van der Waals surface area contributed by atoms with Crippen molar-refractivity contribution in [1.82, 2.24) is 5.43 Å². The molecule has 0 radical (unpaired) electrons. The largest absolute Gasteiger partial charge is 0.487 e. The number of rotatable bonds is 4. The van der Waals surface area contributed by atoms with Gasteiger partial charge in [0.05, 0.1) is 6.04 Å². The number of thioether (sulfide) groups is 1. The van der Waals surface area contributed by atoms with Gasteiger partial charge >= 0.3 is 0 Å². The molecule has 110 valence electrons. The normalized spacial score (nSPS) is 18.7. The first-order valence-electron chi connectivity index (χ1n) is 6.85. The molecule has 3 N–H and O–H groups in total. The third kappa shape index (κ3) is 3.37. The van der Waals surface area contributed by atoms with E-state index in [1.54, 1.807) is 23.9 Å². The van der Waals surface area contributed by atoms with E-state index < -0.39 is 0 Å². The highest BCUT2D eigenvalue weighted by Gasteiger charge is 2.27. The van der Waals surface area contributed by atoms with Crippen molar-refractivity contribution in [1.29, 1.82) is 0 Å². The lowest BCUT2D eigenvalue weighted by Crippen LogP contribution is -2.50. The fourth-order valence-electron chi connectivity index (χ4n) is 2.41. The zero-order valence-corrected chi connectivity index (χ0v) is 12.3. The van der Waals surface area contributed by atoms with Crippen molar-refractivity contribution < 1.29 is 9.13 Å². The molecule has 5 heteroatoms. The van der Waals surface area contributed by atoms with Gasteiger partial charge in [-0.3, -0.25) is 11.3 Å². The molecule has 0 saturated heterocycles. The van der Waals surface area contributed by atoms with Gasteiger partial charge in [-0.1, -0.05) is 24.3 Å². The van der Waals surface area contributed by atoms with E-state index in [0.717, 1.165) is 22.0 Å². The summed E-state index contributed by atoms with van der Waals surface area (Å²) in [6.07, 6.45) is 0.685. The molecule has 0 spiro atoms. The van der Waals surface area contributed by atoms with Crippen LogP contribution in [0.4, 0.5) is 4.39 Å². The van der Waals surface area contributed by atoms with Crippen molar-refractivity contribution in [2.24, 2.45) is 5.84 Å². The third-order valence-corrected chi connectivity index (χ3v) is 4.71. The van der Waals surface area contributed by atoms with Gasteiger partial charge in [-0.2, -0.15) is 0 Å². The van der Waals surface area contributed by atoms with Gasteiger partial charge < -0.3 is 4.74 Å². The highest BCUT2D eigenvalue weighted by molar-refractivity contribution is 7.99. The predicted molar refractivity (Wildman–Crippen MR) is 82.8 cm³/mol. The lowest BCUT2D eigenvalue weighted by atomic mass is 10.0. The summed E-state index contributed by atoms with van der Waals surface area (Å²) in [6.45, 7) is 0. The molecule has 1 aliphatic heterocycles. The van der Waals surface area contributed by atoms with Gasteiger partial charge in [0.2, 0.25) is 0 Å². The van der Waals surface area contributed by atoms with Crippen LogP contribution in [0, 0.1) is 5.82 Å². The fourth-order valence-corrected chi connectivity index (χ4v) is 3.48. The summed E-state index contributed by atoms with van der Waals surface area (Å²) in [5, 5.41) is 0. The maximum absolute atomic E-state index is 13.0. The Kier molecular flexibility index (Phi) is 4.43. The van der Waals surface area contributed by atoms with Gasteiger partial charge in [-0.25, -0.2) is 4.39 Å². The second kappa shape index (κ2) is 6.47. The summed E-state index contributed by atoms with van der Waals surface area (Å²) in [5.41, 5.74) is 3.87. The number of hydrazine groups is 1. The Labute approximate surface area is 127 Å². The maximum Gasteiger partial charge on any atom is 0.133 e. The topological polar surface area (TPSA) is 47.3 Å². The van der Waals surface area contributed by atoms with Gasteiger partial charge in [0, 0.05) is 10.6 Å². The molecule has 0 aromatic heterocycles.